The number of aromatic nitrogens is 1. The molecule has 0 aliphatic carbocycles. The Kier molecular flexibility index (Phi) is 5.68. The van der Waals surface area contributed by atoms with Gasteiger partial charge in [0.1, 0.15) is 0 Å². The van der Waals surface area contributed by atoms with Crippen LogP contribution in [0.4, 0.5) is 0 Å². The molecule has 1 N–H and O–H groups in total. The molecule has 6 nitrogen and oxygen atoms in total. The molecule has 2 aliphatic rings. The van der Waals surface area contributed by atoms with Gasteiger partial charge in [-0.05, 0) is 43.5 Å². The number of carbonyl (C=O) groups excluding carboxylic acids is 2. The van der Waals surface area contributed by atoms with Crippen LogP contribution in [0.15, 0.2) is 24.5 Å². The summed E-state index contributed by atoms with van der Waals surface area (Å²) >= 11 is 0. The summed E-state index contributed by atoms with van der Waals surface area (Å²) in [5.41, 5.74) is 0.918. The fourth-order valence-corrected chi connectivity index (χ4v) is 3.87. The van der Waals surface area contributed by atoms with Crippen LogP contribution in [0.1, 0.15) is 37.8 Å². The Bertz CT molecular complexity index is 599. The Morgan fingerprint density at radius 2 is 2.12 bits per heavy atom. The highest BCUT2D eigenvalue weighted by Gasteiger charge is 2.42. The average molecular weight is 344 g/mol. The van der Waals surface area contributed by atoms with Crippen molar-refractivity contribution >= 4 is 11.8 Å². The van der Waals surface area contributed by atoms with Gasteiger partial charge in [0.05, 0.1) is 12.0 Å². The number of rotatable bonds is 5. The van der Waals surface area contributed by atoms with Crippen LogP contribution >= 0.6 is 0 Å². The molecule has 2 atom stereocenters. The van der Waals surface area contributed by atoms with Crippen molar-refractivity contribution < 1.29 is 9.59 Å². The number of likely N-dealkylation sites (tertiary alicyclic amines) is 2. The van der Waals surface area contributed by atoms with Crippen LogP contribution in [0.5, 0.6) is 0 Å². The highest BCUT2D eigenvalue weighted by atomic mass is 16.2. The van der Waals surface area contributed by atoms with Crippen molar-refractivity contribution in [2.45, 2.75) is 32.2 Å². The molecule has 2 fully saturated rings. The molecule has 0 aromatic carbocycles. The number of amides is 2. The number of pyridine rings is 1. The van der Waals surface area contributed by atoms with Gasteiger partial charge in [0.25, 0.3) is 0 Å². The maximum absolute atomic E-state index is 12.7. The van der Waals surface area contributed by atoms with Crippen molar-refractivity contribution in [2.24, 2.45) is 11.8 Å². The predicted molar refractivity (Wildman–Crippen MR) is 95.7 cm³/mol. The van der Waals surface area contributed by atoms with Crippen LogP contribution < -0.4 is 5.32 Å². The number of nitrogens with zero attached hydrogens (tertiary/aromatic N) is 3. The first-order chi connectivity index (χ1) is 12.1. The van der Waals surface area contributed by atoms with Crippen molar-refractivity contribution in [3.63, 3.8) is 0 Å². The van der Waals surface area contributed by atoms with Gasteiger partial charge in [0, 0.05) is 39.0 Å². The minimum absolute atomic E-state index is 0.0130. The SMILES string of the molecule is CC1CCN(CCNC(=O)[C@@H]2CC(=O)N(C)[C@@H]2c2cccnc2)CC1. The molecule has 2 amide bonds. The van der Waals surface area contributed by atoms with Gasteiger partial charge in [-0.1, -0.05) is 13.0 Å². The summed E-state index contributed by atoms with van der Waals surface area (Å²) in [4.78, 5) is 33.0. The number of hydrogen-bond acceptors (Lipinski definition) is 4. The summed E-state index contributed by atoms with van der Waals surface area (Å²) in [6, 6.07) is 3.55. The van der Waals surface area contributed by atoms with Gasteiger partial charge in [0.15, 0.2) is 0 Å². The van der Waals surface area contributed by atoms with E-state index in [1.54, 1.807) is 24.3 Å². The van der Waals surface area contributed by atoms with Gasteiger partial charge in [-0.15, -0.1) is 0 Å². The molecule has 0 unspecified atom stereocenters. The van der Waals surface area contributed by atoms with Gasteiger partial charge in [-0.3, -0.25) is 14.6 Å². The topological polar surface area (TPSA) is 65.5 Å². The van der Waals surface area contributed by atoms with Crippen LogP contribution in [0.25, 0.3) is 0 Å². The maximum atomic E-state index is 12.7. The molecular formula is C19H28N4O2. The quantitative estimate of drug-likeness (QED) is 0.878. The van der Waals surface area contributed by atoms with Gasteiger partial charge in [-0.25, -0.2) is 0 Å². The van der Waals surface area contributed by atoms with Crippen molar-refractivity contribution in [3.05, 3.63) is 30.1 Å². The molecule has 6 heteroatoms. The lowest BCUT2D eigenvalue weighted by molar-refractivity contribution is -0.128. The summed E-state index contributed by atoms with van der Waals surface area (Å²) in [7, 11) is 1.77. The molecule has 0 saturated carbocycles. The first-order valence-electron chi connectivity index (χ1n) is 9.22. The molecule has 3 rings (SSSR count). The minimum Gasteiger partial charge on any atom is -0.354 e. The van der Waals surface area contributed by atoms with Crippen LogP contribution in [0, 0.1) is 11.8 Å². The van der Waals surface area contributed by atoms with E-state index in [0.29, 0.717) is 6.54 Å². The van der Waals surface area contributed by atoms with Crippen LogP contribution in [-0.4, -0.2) is 59.8 Å². The monoisotopic (exact) mass is 344 g/mol. The zero-order chi connectivity index (χ0) is 17.8. The number of carbonyl (C=O) groups is 2. The molecule has 3 heterocycles. The Morgan fingerprint density at radius 1 is 1.36 bits per heavy atom. The Hall–Kier alpha value is -1.95. The lowest BCUT2D eigenvalue weighted by Gasteiger charge is -2.30. The van der Waals surface area contributed by atoms with E-state index in [0.717, 1.165) is 31.1 Å². The molecule has 0 spiro atoms. The smallest absolute Gasteiger partial charge is 0.226 e. The van der Waals surface area contributed by atoms with Crippen LogP contribution in [-0.2, 0) is 9.59 Å². The fraction of sp³-hybridized carbons (Fsp3) is 0.632. The summed E-state index contributed by atoms with van der Waals surface area (Å²) < 4.78 is 0. The normalized spacial score (nSPS) is 25.4. The second-order valence-corrected chi connectivity index (χ2v) is 7.36. The van der Waals surface area contributed by atoms with Crippen molar-refractivity contribution in [3.8, 4) is 0 Å². The molecule has 2 aliphatic heterocycles. The molecular weight excluding hydrogens is 316 g/mol. The summed E-state index contributed by atoms with van der Waals surface area (Å²) in [5.74, 6) is 0.449. The Labute approximate surface area is 149 Å². The summed E-state index contributed by atoms with van der Waals surface area (Å²) in [5, 5.41) is 3.04. The van der Waals surface area contributed by atoms with Crippen molar-refractivity contribution in [1.29, 1.82) is 0 Å². The highest BCUT2D eigenvalue weighted by molar-refractivity contribution is 5.90. The second-order valence-electron chi connectivity index (χ2n) is 7.36. The van der Waals surface area contributed by atoms with E-state index in [1.807, 2.05) is 12.1 Å². The third-order valence-electron chi connectivity index (χ3n) is 5.55. The Morgan fingerprint density at radius 3 is 2.80 bits per heavy atom. The number of piperidine rings is 1. The van der Waals surface area contributed by atoms with Crippen LogP contribution in [0.3, 0.4) is 0 Å². The van der Waals surface area contributed by atoms with E-state index in [2.05, 4.69) is 22.1 Å². The first-order valence-corrected chi connectivity index (χ1v) is 9.22. The minimum atomic E-state index is -0.344. The fourth-order valence-electron chi connectivity index (χ4n) is 3.87. The summed E-state index contributed by atoms with van der Waals surface area (Å²) in [6.45, 7) is 6.04. The van der Waals surface area contributed by atoms with E-state index < -0.39 is 0 Å². The van der Waals surface area contributed by atoms with E-state index in [9.17, 15) is 9.59 Å². The molecule has 136 valence electrons. The largest absolute Gasteiger partial charge is 0.354 e. The standard InChI is InChI=1S/C19H28N4O2/c1-14-5-9-23(10-6-14)11-8-21-19(25)16-12-17(24)22(2)18(16)15-4-3-7-20-13-15/h3-4,7,13-14,16,18H,5-6,8-12H2,1-2H3,(H,21,25)/t16-,18-/m1/s1. The van der Waals surface area contributed by atoms with Crippen LogP contribution in [0.2, 0.25) is 0 Å². The highest BCUT2D eigenvalue weighted by Crippen LogP contribution is 2.36. The first kappa shape index (κ1) is 17.9. The molecule has 1 aromatic rings. The van der Waals surface area contributed by atoms with Gasteiger partial charge >= 0.3 is 0 Å². The second kappa shape index (κ2) is 7.95. The predicted octanol–water partition coefficient (Wildman–Crippen LogP) is 1.45. The van der Waals surface area contributed by atoms with E-state index in [1.165, 1.54) is 12.8 Å². The van der Waals surface area contributed by atoms with Gasteiger partial charge < -0.3 is 15.1 Å². The molecule has 1 aromatic heterocycles. The molecule has 25 heavy (non-hydrogen) atoms. The lowest BCUT2D eigenvalue weighted by Crippen LogP contribution is -2.41. The van der Waals surface area contributed by atoms with Crippen molar-refractivity contribution in [2.75, 3.05) is 33.2 Å². The van der Waals surface area contributed by atoms with E-state index in [-0.39, 0.29) is 30.2 Å². The number of nitrogens with one attached hydrogen (secondary N) is 1. The third kappa shape index (κ3) is 4.18. The average Bonchev–Trinajstić information content (AvgIpc) is 2.92. The zero-order valence-electron chi connectivity index (χ0n) is 15.1. The van der Waals surface area contributed by atoms with E-state index >= 15 is 0 Å². The Balaban J connectivity index is 1.56. The zero-order valence-corrected chi connectivity index (χ0v) is 15.1. The molecule has 2 saturated heterocycles. The lowest BCUT2D eigenvalue weighted by atomic mass is 9.94. The van der Waals surface area contributed by atoms with Gasteiger partial charge in [0.2, 0.25) is 11.8 Å². The third-order valence-corrected chi connectivity index (χ3v) is 5.55. The van der Waals surface area contributed by atoms with E-state index in [4.69, 9.17) is 0 Å². The molecule has 0 radical (unpaired) electrons. The number of hydrogen-bond donors (Lipinski definition) is 1. The van der Waals surface area contributed by atoms with Crippen molar-refractivity contribution in [1.82, 2.24) is 20.1 Å². The molecule has 0 bridgehead atoms. The summed E-state index contributed by atoms with van der Waals surface area (Å²) in [6.07, 6.45) is 6.19. The van der Waals surface area contributed by atoms with Gasteiger partial charge in [-0.2, -0.15) is 0 Å². The maximum Gasteiger partial charge on any atom is 0.226 e.